The largest absolute Gasteiger partial charge is 0.353 e. The van der Waals surface area contributed by atoms with Crippen LogP contribution in [0.2, 0.25) is 0 Å². The molecule has 1 heterocycles. The van der Waals surface area contributed by atoms with E-state index in [4.69, 9.17) is 0 Å². The quantitative estimate of drug-likeness (QED) is 0.611. The van der Waals surface area contributed by atoms with Crippen LogP contribution in [-0.4, -0.2) is 11.9 Å². The van der Waals surface area contributed by atoms with E-state index in [1.54, 1.807) is 0 Å². The Balaban J connectivity index is 2.84. The summed E-state index contributed by atoms with van der Waals surface area (Å²) in [7, 11) is 0. The minimum atomic E-state index is 0.131. The van der Waals surface area contributed by atoms with Gasteiger partial charge in [0.25, 0.3) is 0 Å². The summed E-state index contributed by atoms with van der Waals surface area (Å²) in [5, 5.41) is 2.97. The molecule has 2 unspecified atom stereocenters. The number of hydrogen-bond acceptors (Lipinski definition) is 1. The lowest BCUT2D eigenvalue weighted by Crippen LogP contribution is -2.31. The lowest BCUT2D eigenvalue weighted by atomic mass is 9.76. The number of carbonyl (C=O) groups is 1. The van der Waals surface area contributed by atoms with Crippen molar-refractivity contribution >= 4 is 5.91 Å². The Hall–Kier alpha value is -0.530. The molecule has 0 bridgehead atoms. The lowest BCUT2D eigenvalue weighted by Gasteiger charge is -2.27. The molecule has 1 N–H and O–H groups in total. The van der Waals surface area contributed by atoms with Crippen molar-refractivity contribution in [2.45, 2.75) is 40.2 Å². The van der Waals surface area contributed by atoms with Crippen LogP contribution in [0.4, 0.5) is 0 Å². The highest BCUT2D eigenvalue weighted by Crippen LogP contribution is 2.37. The minimum absolute atomic E-state index is 0.131. The van der Waals surface area contributed by atoms with Crippen molar-refractivity contribution in [3.63, 3.8) is 0 Å². The van der Waals surface area contributed by atoms with Gasteiger partial charge in [0, 0.05) is 12.0 Å². The lowest BCUT2D eigenvalue weighted by molar-refractivity contribution is -0.123. The molecule has 0 aromatic carbocycles. The van der Waals surface area contributed by atoms with E-state index in [1.807, 2.05) is 0 Å². The van der Waals surface area contributed by atoms with Gasteiger partial charge in [-0.1, -0.05) is 20.8 Å². The predicted molar refractivity (Wildman–Crippen MR) is 45.2 cm³/mol. The Morgan fingerprint density at radius 3 is 2.27 bits per heavy atom. The normalized spacial score (nSPS) is 35.5. The molecule has 1 amide bonds. The molecule has 0 aromatic rings. The summed E-state index contributed by atoms with van der Waals surface area (Å²) in [5.74, 6) is 0.433. The van der Waals surface area contributed by atoms with Gasteiger partial charge in [-0.2, -0.15) is 0 Å². The molecule has 1 saturated heterocycles. The summed E-state index contributed by atoms with van der Waals surface area (Å²) in [6, 6.07) is 0.319. The van der Waals surface area contributed by atoms with Crippen LogP contribution in [0.25, 0.3) is 0 Å². The van der Waals surface area contributed by atoms with Crippen LogP contribution in [0.5, 0.6) is 0 Å². The molecule has 1 fully saturated rings. The van der Waals surface area contributed by atoms with Crippen LogP contribution in [0.1, 0.15) is 34.1 Å². The van der Waals surface area contributed by atoms with Gasteiger partial charge in [-0.3, -0.25) is 4.79 Å². The first kappa shape index (κ1) is 8.57. The van der Waals surface area contributed by atoms with Crippen molar-refractivity contribution in [1.29, 1.82) is 0 Å². The molecule has 64 valence electrons. The minimum Gasteiger partial charge on any atom is -0.353 e. The van der Waals surface area contributed by atoms with Crippen LogP contribution >= 0.6 is 0 Å². The average Bonchev–Trinajstić information content (AvgIpc) is 2.04. The van der Waals surface area contributed by atoms with Gasteiger partial charge in [0.1, 0.15) is 0 Å². The molecule has 0 spiro atoms. The van der Waals surface area contributed by atoms with Crippen molar-refractivity contribution in [3.8, 4) is 0 Å². The Morgan fingerprint density at radius 1 is 1.55 bits per heavy atom. The van der Waals surface area contributed by atoms with E-state index < -0.39 is 0 Å². The van der Waals surface area contributed by atoms with Crippen LogP contribution in [-0.2, 0) is 4.79 Å². The third-order valence-electron chi connectivity index (χ3n) is 3.10. The first-order valence-corrected chi connectivity index (χ1v) is 4.30. The molecule has 1 rings (SSSR count). The summed E-state index contributed by atoms with van der Waals surface area (Å²) in [6.07, 6.45) is 0.948. The van der Waals surface area contributed by atoms with Crippen LogP contribution in [0, 0.1) is 11.3 Å². The van der Waals surface area contributed by atoms with Gasteiger partial charge in [0.2, 0.25) is 5.91 Å². The van der Waals surface area contributed by atoms with Crippen molar-refractivity contribution in [1.82, 2.24) is 5.32 Å². The first-order chi connectivity index (χ1) is 5.00. The Labute approximate surface area is 68.4 Å². The molecule has 2 nitrogen and oxygen atoms in total. The smallest absolute Gasteiger partial charge is 0.223 e. The molecule has 1 aliphatic rings. The van der Waals surface area contributed by atoms with E-state index in [-0.39, 0.29) is 17.2 Å². The van der Waals surface area contributed by atoms with Crippen LogP contribution in [0.15, 0.2) is 0 Å². The zero-order chi connectivity index (χ0) is 8.65. The van der Waals surface area contributed by atoms with E-state index in [9.17, 15) is 4.79 Å². The molecule has 0 aliphatic carbocycles. The predicted octanol–water partition coefficient (Wildman–Crippen LogP) is 1.56. The molecule has 11 heavy (non-hydrogen) atoms. The van der Waals surface area contributed by atoms with Crippen LogP contribution in [0.3, 0.4) is 0 Å². The van der Waals surface area contributed by atoms with Crippen molar-refractivity contribution in [2.24, 2.45) is 11.3 Å². The standard InChI is InChI=1S/C9H17NO/c1-5-7-8(11)10-6(2)9(7,3)4/h6-7H,5H2,1-4H3,(H,10,11). The van der Waals surface area contributed by atoms with Gasteiger partial charge >= 0.3 is 0 Å². The average molecular weight is 155 g/mol. The maximum Gasteiger partial charge on any atom is 0.223 e. The molecular formula is C9H17NO. The summed E-state index contributed by atoms with van der Waals surface area (Å²) < 4.78 is 0. The van der Waals surface area contributed by atoms with Gasteiger partial charge in [0.05, 0.1) is 0 Å². The van der Waals surface area contributed by atoms with Gasteiger partial charge in [-0.05, 0) is 18.8 Å². The highest BCUT2D eigenvalue weighted by atomic mass is 16.2. The number of amides is 1. The Morgan fingerprint density at radius 2 is 2.09 bits per heavy atom. The molecule has 1 aliphatic heterocycles. The third kappa shape index (κ3) is 1.15. The number of rotatable bonds is 1. The summed E-state index contributed by atoms with van der Waals surface area (Å²) in [5.41, 5.74) is 0.131. The van der Waals surface area contributed by atoms with Gasteiger partial charge in [0.15, 0.2) is 0 Å². The highest BCUT2D eigenvalue weighted by molar-refractivity contribution is 5.82. The number of nitrogens with one attached hydrogen (secondary N) is 1. The number of carbonyl (C=O) groups excluding carboxylic acids is 1. The first-order valence-electron chi connectivity index (χ1n) is 4.30. The molecule has 2 atom stereocenters. The van der Waals surface area contributed by atoms with Gasteiger partial charge in [-0.15, -0.1) is 0 Å². The molecule has 2 heteroatoms. The summed E-state index contributed by atoms with van der Waals surface area (Å²) in [6.45, 7) is 8.46. The van der Waals surface area contributed by atoms with Gasteiger partial charge in [-0.25, -0.2) is 0 Å². The van der Waals surface area contributed by atoms with Crippen molar-refractivity contribution in [3.05, 3.63) is 0 Å². The van der Waals surface area contributed by atoms with Crippen molar-refractivity contribution < 1.29 is 4.79 Å². The molecular weight excluding hydrogens is 138 g/mol. The van der Waals surface area contributed by atoms with E-state index >= 15 is 0 Å². The summed E-state index contributed by atoms with van der Waals surface area (Å²) >= 11 is 0. The molecule has 0 radical (unpaired) electrons. The fourth-order valence-electron chi connectivity index (χ4n) is 1.85. The second-order valence-electron chi connectivity index (χ2n) is 4.01. The molecule has 0 saturated carbocycles. The topological polar surface area (TPSA) is 29.1 Å². The van der Waals surface area contributed by atoms with Gasteiger partial charge < -0.3 is 5.32 Å². The maximum atomic E-state index is 11.3. The van der Waals surface area contributed by atoms with E-state index in [0.29, 0.717) is 6.04 Å². The second kappa shape index (κ2) is 2.50. The zero-order valence-electron chi connectivity index (χ0n) is 7.77. The highest BCUT2D eigenvalue weighted by Gasteiger charge is 2.44. The third-order valence-corrected chi connectivity index (χ3v) is 3.10. The zero-order valence-corrected chi connectivity index (χ0v) is 7.77. The SMILES string of the molecule is CCC1C(=O)NC(C)C1(C)C. The van der Waals surface area contributed by atoms with Crippen LogP contribution < -0.4 is 5.32 Å². The fraction of sp³-hybridized carbons (Fsp3) is 0.889. The molecule has 0 aromatic heterocycles. The summed E-state index contributed by atoms with van der Waals surface area (Å²) in [4.78, 5) is 11.3. The fourth-order valence-corrected chi connectivity index (χ4v) is 1.85. The Kier molecular flexibility index (Phi) is 1.95. The Bertz CT molecular complexity index is 174. The van der Waals surface area contributed by atoms with E-state index in [2.05, 4.69) is 33.0 Å². The van der Waals surface area contributed by atoms with Crippen molar-refractivity contribution in [2.75, 3.05) is 0 Å². The maximum absolute atomic E-state index is 11.3. The second-order valence-corrected chi connectivity index (χ2v) is 4.01. The number of hydrogen-bond donors (Lipinski definition) is 1. The van der Waals surface area contributed by atoms with E-state index in [0.717, 1.165) is 6.42 Å². The monoisotopic (exact) mass is 155 g/mol. The van der Waals surface area contributed by atoms with E-state index in [1.165, 1.54) is 0 Å².